The Hall–Kier alpha value is -3.67. The van der Waals surface area contributed by atoms with E-state index >= 15 is 0 Å². The predicted octanol–water partition coefficient (Wildman–Crippen LogP) is 4.22. The van der Waals surface area contributed by atoms with E-state index in [1.807, 2.05) is 13.8 Å². The van der Waals surface area contributed by atoms with Gasteiger partial charge >= 0.3 is 0 Å². The van der Waals surface area contributed by atoms with Crippen molar-refractivity contribution in [2.45, 2.75) is 57.1 Å². The molecule has 0 aromatic heterocycles. The lowest BCUT2D eigenvalue weighted by atomic mass is 9.99. The minimum Gasteiger partial charge on any atom is -0.390 e. The van der Waals surface area contributed by atoms with Crippen molar-refractivity contribution in [1.82, 2.24) is 14.9 Å². The Morgan fingerprint density at radius 3 is 2.10 bits per heavy atom. The standard InChI is InChI=1S/C31H37F2N3O5S/c1-4-11-36(12-5-2)31(39)24-14-21(3)13-23(18-24)30(38)35-28(17-22-15-25(32)19-26(33)16-22)29(37)20-34-42(40,41)27-9-7-6-8-10-27/h6-10,13-16,18-19,28-29,34,37H,4-5,11-12,17,20H2,1-3H3,(H,35,38). The van der Waals surface area contributed by atoms with Gasteiger partial charge in [-0.1, -0.05) is 32.0 Å². The average molecular weight is 602 g/mol. The van der Waals surface area contributed by atoms with Gasteiger partial charge in [-0.15, -0.1) is 0 Å². The maximum absolute atomic E-state index is 13.9. The van der Waals surface area contributed by atoms with E-state index < -0.39 is 46.3 Å². The second kappa shape index (κ2) is 15.0. The monoisotopic (exact) mass is 601 g/mol. The van der Waals surface area contributed by atoms with E-state index in [2.05, 4.69) is 10.0 Å². The zero-order valence-corrected chi connectivity index (χ0v) is 24.8. The largest absolute Gasteiger partial charge is 0.390 e. The van der Waals surface area contributed by atoms with Gasteiger partial charge in [0.15, 0.2) is 0 Å². The molecular weight excluding hydrogens is 564 g/mol. The van der Waals surface area contributed by atoms with Crippen LogP contribution >= 0.6 is 0 Å². The van der Waals surface area contributed by atoms with E-state index in [4.69, 9.17) is 0 Å². The van der Waals surface area contributed by atoms with Crippen LogP contribution in [0.1, 0.15) is 58.5 Å². The molecule has 0 saturated heterocycles. The van der Waals surface area contributed by atoms with E-state index in [1.54, 1.807) is 42.2 Å². The van der Waals surface area contributed by atoms with Crippen molar-refractivity contribution in [3.63, 3.8) is 0 Å². The molecule has 226 valence electrons. The molecule has 2 unspecified atom stereocenters. The lowest BCUT2D eigenvalue weighted by Crippen LogP contribution is -2.49. The van der Waals surface area contributed by atoms with Crippen molar-refractivity contribution in [2.75, 3.05) is 19.6 Å². The number of hydrogen-bond acceptors (Lipinski definition) is 5. The second-order valence-corrected chi connectivity index (χ2v) is 11.9. The summed E-state index contributed by atoms with van der Waals surface area (Å²) in [5.41, 5.74) is 1.30. The maximum Gasteiger partial charge on any atom is 0.253 e. The Morgan fingerprint density at radius 2 is 1.50 bits per heavy atom. The summed E-state index contributed by atoms with van der Waals surface area (Å²) >= 11 is 0. The van der Waals surface area contributed by atoms with Gasteiger partial charge in [0.05, 0.1) is 17.0 Å². The van der Waals surface area contributed by atoms with Gasteiger partial charge in [-0.25, -0.2) is 21.9 Å². The molecular formula is C31H37F2N3O5S. The molecule has 2 atom stereocenters. The first-order chi connectivity index (χ1) is 19.9. The summed E-state index contributed by atoms with van der Waals surface area (Å²) in [6.07, 6.45) is -0.125. The lowest BCUT2D eigenvalue weighted by molar-refractivity contribution is 0.0755. The number of aliphatic hydroxyl groups is 1. The zero-order chi connectivity index (χ0) is 30.9. The number of sulfonamides is 1. The van der Waals surface area contributed by atoms with Crippen molar-refractivity contribution in [2.24, 2.45) is 0 Å². The molecule has 3 aromatic rings. The quantitative estimate of drug-likeness (QED) is 0.256. The molecule has 11 heteroatoms. The van der Waals surface area contributed by atoms with Gasteiger partial charge in [0, 0.05) is 36.8 Å². The summed E-state index contributed by atoms with van der Waals surface area (Å²) in [6, 6.07) is 14.0. The van der Waals surface area contributed by atoms with Crippen molar-refractivity contribution in [3.05, 3.63) is 101 Å². The van der Waals surface area contributed by atoms with E-state index in [1.165, 1.54) is 18.2 Å². The first-order valence-electron chi connectivity index (χ1n) is 13.8. The molecule has 42 heavy (non-hydrogen) atoms. The number of carbonyl (C=O) groups is 2. The van der Waals surface area contributed by atoms with Crippen LogP contribution in [0.5, 0.6) is 0 Å². The van der Waals surface area contributed by atoms with E-state index in [9.17, 15) is 31.9 Å². The highest BCUT2D eigenvalue weighted by atomic mass is 32.2. The molecule has 0 aliphatic heterocycles. The molecule has 8 nitrogen and oxygen atoms in total. The average Bonchev–Trinajstić information content (AvgIpc) is 2.94. The van der Waals surface area contributed by atoms with Crippen LogP contribution in [0.3, 0.4) is 0 Å². The molecule has 0 aliphatic rings. The summed E-state index contributed by atoms with van der Waals surface area (Å²) in [7, 11) is -3.98. The third-order valence-corrected chi connectivity index (χ3v) is 8.00. The van der Waals surface area contributed by atoms with Crippen molar-refractivity contribution >= 4 is 21.8 Å². The highest BCUT2D eigenvalue weighted by molar-refractivity contribution is 7.89. The summed E-state index contributed by atoms with van der Waals surface area (Å²) in [5, 5.41) is 13.7. The lowest BCUT2D eigenvalue weighted by Gasteiger charge is -2.25. The molecule has 0 aliphatic carbocycles. The number of nitrogens with zero attached hydrogens (tertiary/aromatic N) is 1. The van der Waals surface area contributed by atoms with Gasteiger partial charge < -0.3 is 15.3 Å². The van der Waals surface area contributed by atoms with Crippen LogP contribution in [0.15, 0.2) is 71.6 Å². The van der Waals surface area contributed by atoms with Crippen LogP contribution < -0.4 is 10.0 Å². The Kier molecular flexibility index (Phi) is 11.7. The Bertz CT molecular complexity index is 1460. The summed E-state index contributed by atoms with van der Waals surface area (Å²) in [4.78, 5) is 28.3. The number of nitrogens with one attached hydrogen (secondary N) is 2. The smallest absolute Gasteiger partial charge is 0.253 e. The van der Waals surface area contributed by atoms with Crippen LogP contribution in [0.4, 0.5) is 8.78 Å². The van der Waals surface area contributed by atoms with Crippen LogP contribution in [-0.4, -0.2) is 62.0 Å². The Morgan fingerprint density at radius 1 is 0.905 bits per heavy atom. The summed E-state index contributed by atoms with van der Waals surface area (Å²) in [5.74, 6) is -2.52. The van der Waals surface area contributed by atoms with Gasteiger partial charge in [-0.3, -0.25) is 9.59 Å². The van der Waals surface area contributed by atoms with Crippen molar-refractivity contribution in [3.8, 4) is 0 Å². The molecule has 0 radical (unpaired) electrons. The highest BCUT2D eigenvalue weighted by Crippen LogP contribution is 2.16. The molecule has 0 heterocycles. The molecule has 0 saturated carbocycles. The zero-order valence-electron chi connectivity index (χ0n) is 23.9. The van der Waals surface area contributed by atoms with Gasteiger partial charge in [0.25, 0.3) is 11.8 Å². The minimum atomic E-state index is -3.98. The minimum absolute atomic E-state index is 0.0119. The highest BCUT2D eigenvalue weighted by Gasteiger charge is 2.26. The molecule has 3 aromatic carbocycles. The number of amides is 2. The molecule has 2 amide bonds. The Balaban J connectivity index is 1.87. The van der Waals surface area contributed by atoms with Crippen LogP contribution in [0, 0.1) is 18.6 Å². The number of aryl methyl sites for hydroxylation is 1. The van der Waals surface area contributed by atoms with E-state index in [0.29, 0.717) is 30.3 Å². The fourth-order valence-electron chi connectivity index (χ4n) is 4.61. The van der Waals surface area contributed by atoms with Crippen LogP contribution in [0.25, 0.3) is 0 Å². The molecule has 0 fully saturated rings. The van der Waals surface area contributed by atoms with Crippen molar-refractivity contribution in [1.29, 1.82) is 0 Å². The SMILES string of the molecule is CCCN(CCC)C(=O)c1cc(C)cc(C(=O)NC(Cc2cc(F)cc(F)c2)C(O)CNS(=O)(=O)c2ccccc2)c1. The first kappa shape index (κ1) is 32.8. The first-order valence-corrected chi connectivity index (χ1v) is 15.3. The number of benzene rings is 3. The third kappa shape index (κ3) is 9.17. The fourth-order valence-corrected chi connectivity index (χ4v) is 5.69. The van der Waals surface area contributed by atoms with Crippen molar-refractivity contribution < 1.29 is 31.9 Å². The number of halogens is 2. The number of aliphatic hydroxyl groups excluding tert-OH is 1. The van der Waals surface area contributed by atoms with Gasteiger partial charge in [0.1, 0.15) is 11.6 Å². The maximum atomic E-state index is 13.9. The molecule has 3 rings (SSSR count). The van der Waals surface area contributed by atoms with Crippen LogP contribution in [0.2, 0.25) is 0 Å². The van der Waals surface area contributed by atoms with Gasteiger partial charge in [0.2, 0.25) is 10.0 Å². The second-order valence-electron chi connectivity index (χ2n) is 10.2. The normalized spacial score (nSPS) is 12.9. The van der Waals surface area contributed by atoms with Crippen LogP contribution in [-0.2, 0) is 16.4 Å². The van der Waals surface area contributed by atoms with Gasteiger partial charge in [-0.05, 0) is 79.8 Å². The van der Waals surface area contributed by atoms with E-state index in [-0.39, 0.29) is 28.4 Å². The third-order valence-electron chi connectivity index (χ3n) is 6.56. The summed E-state index contributed by atoms with van der Waals surface area (Å²) in [6.45, 7) is 6.35. The predicted molar refractivity (Wildman–Crippen MR) is 157 cm³/mol. The molecule has 0 spiro atoms. The summed E-state index contributed by atoms with van der Waals surface area (Å²) < 4.78 is 55.5. The number of hydrogen-bond donors (Lipinski definition) is 3. The molecule has 3 N–H and O–H groups in total. The Labute approximate surface area is 245 Å². The molecule has 0 bridgehead atoms. The van der Waals surface area contributed by atoms with Gasteiger partial charge in [-0.2, -0.15) is 0 Å². The topological polar surface area (TPSA) is 116 Å². The van der Waals surface area contributed by atoms with E-state index in [0.717, 1.165) is 25.0 Å². The fraction of sp³-hybridized carbons (Fsp3) is 0.355. The number of rotatable bonds is 14. The number of carbonyl (C=O) groups excluding carboxylic acids is 2.